The molecule has 216 valence electrons. The van der Waals surface area contributed by atoms with Gasteiger partial charge in [-0.05, 0) is 24.7 Å². The van der Waals surface area contributed by atoms with Crippen molar-refractivity contribution < 1.29 is 42.1 Å². The summed E-state index contributed by atoms with van der Waals surface area (Å²) >= 11 is 1.10. The first kappa shape index (κ1) is 29.5. The standard InChI is InChI=1S/C28H32F2N2O7S/c1-32-14-16-11-20(35-2)27(26(30)18(16)15-32)38-8-4-9-39-28-21(36-3)13-22-17(25(28)29)12-23(40-22)19(33)5-6-24(34)37-10-7-31/h11-13H,4-10,14-15,31H2,1-3H3. The average molecular weight is 579 g/mol. The van der Waals surface area contributed by atoms with E-state index in [9.17, 15) is 9.59 Å². The number of benzene rings is 2. The van der Waals surface area contributed by atoms with Gasteiger partial charge in [0.2, 0.25) is 0 Å². The largest absolute Gasteiger partial charge is 0.493 e. The molecule has 0 amide bonds. The molecule has 12 heteroatoms. The number of esters is 1. The van der Waals surface area contributed by atoms with Crippen molar-refractivity contribution in [3.05, 3.63) is 45.8 Å². The third-order valence-corrected chi connectivity index (χ3v) is 7.49. The smallest absolute Gasteiger partial charge is 0.306 e. The highest BCUT2D eigenvalue weighted by Crippen LogP contribution is 2.41. The summed E-state index contributed by atoms with van der Waals surface area (Å²) in [7, 11) is 4.76. The second kappa shape index (κ2) is 13.2. The molecule has 0 fully saturated rings. The van der Waals surface area contributed by atoms with Gasteiger partial charge in [-0.15, -0.1) is 11.3 Å². The summed E-state index contributed by atoms with van der Waals surface area (Å²) in [6.45, 7) is 1.60. The first-order valence-electron chi connectivity index (χ1n) is 12.8. The maximum atomic E-state index is 15.4. The van der Waals surface area contributed by atoms with Crippen LogP contribution in [0.5, 0.6) is 23.0 Å². The molecule has 40 heavy (non-hydrogen) atoms. The molecule has 1 aliphatic rings. The van der Waals surface area contributed by atoms with E-state index in [2.05, 4.69) is 0 Å². The summed E-state index contributed by atoms with van der Waals surface area (Å²) in [6, 6.07) is 4.83. The molecule has 9 nitrogen and oxygen atoms in total. The van der Waals surface area contributed by atoms with Gasteiger partial charge in [-0.1, -0.05) is 0 Å². The van der Waals surface area contributed by atoms with Crippen molar-refractivity contribution in [3.63, 3.8) is 0 Å². The number of Topliss-reactive ketones (excluding diaryl/α,β-unsaturated/α-hetero) is 1. The number of nitrogens with two attached hydrogens (primary N) is 1. The SMILES string of the molecule is COc1cc2c(c(F)c1OCCCOc1c(OC)cc3sc(C(=O)CCC(=O)OCCN)cc3c1F)CN(C)C2. The van der Waals surface area contributed by atoms with E-state index >= 15 is 8.78 Å². The molecule has 0 bridgehead atoms. The third kappa shape index (κ3) is 6.45. The maximum absolute atomic E-state index is 15.4. The minimum absolute atomic E-state index is 0.0462. The van der Waals surface area contributed by atoms with Crippen molar-refractivity contribution in [3.8, 4) is 23.0 Å². The number of nitrogens with zero attached hydrogens (tertiary/aromatic N) is 1. The van der Waals surface area contributed by atoms with E-state index in [1.54, 1.807) is 12.1 Å². The number of carbonyl (C=O) groups is 2. The Balaban J connectivity index is 1.39. The van der Waals surface area contributed by atoms with E-state index in [0.29, 0.717) is 40.4 Å². The van der Waals surface area contributed by atoms with Crippen LogP contribution in [0.3, 0.4) is 0 Å². The van der Waals surface area contributed by atoms with Crippen LogP contribution in [0.25, 0.3) is 10.1 Å². The monoisotopic (exact) mass is 578 g/mol. The van der Waals surface area contributed by atoms with Gasteiger partial charge in [0.05, 0.1) is 38.7 Å². The molecule has 3 aromatic rings. The predicted molar refractivity (Wildman–Crippen MR) is 146 cm³/mol. The number of methoxy groups -OCH3 is 2. The fraction of sp³-hybridized carbons (Fsp3) is 0.429. The van der Waals surface area contributed by atoms with Gasteiger partial charge in [0.25, 0.3) is 0 Å². The van der Waals surface area contributed by atoms with Gasteiger partial charge >= 0.3 is 5.97 Å². The summed E-state index contributed by atoms with van der Waals surface area (Å²) in [6.07, 6.45) is 0.173. The molecule has 0 radical (unpaired) electrons. The second-order valence-corrected chi connectivity index (χ2v) is 10.3. The van der Waals surface area contributed by atoms with Crippen LogP contribution in [0, 0.1) is 11.6 Å². The van der Waals surface area contributed by atoms with Crippen LogP contribution in [0.1, 0.15) is 40.1 Å². The Morgan fingerprint density at radius 3 is 2.30 bits per heavy atom. The lowest BCUT2D eigenvalue weighted by Gasteiger charge is -2.15. The quantitative estimate of drug-likeness (QED) is 0.169. The van der Waals surface area contributed by atoms with Crippen molar-refractivity contribution in [1.29, 1.82) is 0 Å². The lowest BCUT2D eigenvalue weighted by Crippen LogP contribution is -2.14. The highest BCUT2D eigenvalue weighted by Gasteiger charge is 2.26. The van der Waals surface area contributed by atoms with Crippen molar-refractivity contribution in [2.75, 3.05) is 47.6 Å². The maximum Gasteiger partial charge on any atom is 0.306 e. The first-order chi connectivity index (χ1) is 19.3. The number of carbonyl (C=O) groups excluding carboxylic acids is 2. The van der Waals surface area contributed by atoms with Crippen LogP contribution in [0.4, 0.5) is 8.78 Å². The van der Waals surface area contributed by atoms with E-state index in [1.807, 2.05) is 11.9 Å². The van der Waals surface area contributed by atoms with Crippen LogP contribution in [0.2, 0.25) is 0 Å². The number of ether oxygens (including phenoxy) is 5. The summed E-state index contributed by atoms with van der Waals surface area (Å²) in [5.41, 5.74) is 6.76. The van der Waals surface area contributed by atoms with Crippen LogP contribution >= 0.6 is 11.3 Å². The zero-order valence-corrected chi connectivity index (χ0v) is 23.5. The van der Waals surface area contributed by atoms with Crippen molar-refractivity contribution in [1.82, 2.24) is 4.90 Å². The molecule has 1 aromatic heterocycles. The van der Waals surface area contributed by atoms with Gasteiger partial charge in [-0.3, -0.25) is 14.5 Å². The van der Waals surface area contributed by atoms with Crippen molar-refractivity contribution >= 4 is 33.2 Å². The molecule has 2 heterocycles. The summed E-state index contributed by atoms with van der Waals surface area (Å²) < 4.78 is 58.0. The highest BCUT2D eigenvalue weighted by atomic mass is 32.1. The van der Waals surface area contributed by atoms with Crippen molar-refractivity contribution in [2.24, 2.45) is 5.73 Å². The molecule has 1 aliphatic heterocycles. The lowest BCUT2D eigenvalue weighted by molar-refractivity contribution is -0.143. The minimum atomic E-state index is -0.664. The van der Waals surface area contributed by atoms with Gasteiger partial charge in [-0.2, -0.15) is 0 Å². The summed E-state index contributed by atoms with van der Waals surface area (Å²) in [4.78, 5) is 26.6. The Labute approximate surface area is 234 Å². The Morgan fingerprint density at radius 1 is 0.950 bits per heavy atom. The van der Waals surface area contributed by atoms with E-state index in [-0.39, 0.29) is 67.6 Å². The number of thiophene rings is 1. The molecular weight excluding hydrogens is 546 g/mol. The minimum Gasteiger partial charge on any atom is -0.493 e. The fourth-order valence-corrected chi connectivity index (χ4v) is 5.48. The lowest BCUT2D eigenvalue weighted by atomic mass is 10.1. The Bertz CT molecular complexity index is 1400. The van der Waals surface area contributed by atoms with E-state index in [0.717, 1.165) is 16.9 Å². The number of fused-ring (bicyclic) bond motifs is 2. The zero-order chi connectivity index (χ0) is 28.8. The number of hydrogen-bond donors (Lipinski definition) is 1. The zero-order valence-electron chi connectivity index (χ0n) is 22.6. The molecule has 0 unspecified atom stereocenters. The normalized spacial score (nSPS) is 12.8. The average Bonchev–Trinajstić information content (AvgIpc) is 3.55. The first-order valence-corrected chi connectivity index (χ1v) is 13.6. The number of hydrogen-bond acceptors (Lipinski definition) is 10. The number of halogens is 2. The molecule has 0 aliphatic carbocycles. The van der Waals surface area contributed by atoms with Gasteiger partial charge in [0, 0.05) is 54.2 Å². The van der Waals surface area contributed by atoms with Crippen LogP contribution < -0.4 is 24.7 Å². The fourth-order valence-electron chi connectivity index (χ4n) is 4.43. The Hall–Kier alpha value is -3.48. The van der Waals surface area contributed by atoms with Gasteiger partial charge < -0.3 is 29.4 Å². The molecule has 0 saturated heterocycles. The van der Waals surface area contributed by atoms with E-state index in [1.165, 1.54) is 20.3 Å². The van der Waals surface area contributed by atoms with Crippen LogP contribution in [0.15, 0.2) is 18.2 Å². The summed E-state index contributed by atoms with van der Waals surface area (Å²) in [5.74, 6) is -1.47. The molecule has 0 spiro atoms. The highest BCUT2D eigenvalue weighted by molar-refractivity contribution is 7.20. The van der Waals surface area contributed by atoms with E-state index < -0.39 is 17.6 Å². The van der Waals surface area contributed by atoms with Crippen molar-refractivity contribution in [2.45, 2.75) is 32.4 Å². The topological polar surface area (TPSA) is 110 Å². The predicted octanol–water partition coefficient (Wildman–Crippen LogP) is 4.45. The van der Waals surface area contributed by atoms with E-state index in [4.69, 9.17) is 29.4 Å². The van der Waals surface area contributed by atoms with Gasteiger partial charge in [-0.25, -0.2) is 8.78 Å². The van der Waals surface area contributed by atoms with Crippen LogP contribution in [-0.2, 0) is 22.6 Å². The molecule has 0 saturated carbocycles. The Kier molecular flexibility index (Phi) is 9.77. The Morgan fingerprint density at radius 2 is 1.62 bits per heavy atom. The van der Waals surface area contributed by atoms with Crippen LogP contribution in [-0.4, -0.2) is 64.3 Å². The third-order valence-electron chi connectivity index (χ3n) is 6.37. The molecule has 0 atom stereocenters. The molecule has 2 aromatic carbocycles. The number of ketones is 1. The van der Waals surface area contributed by atoms with Gasteiger partial charge in [0.15, 0.2) is 40.4 Å². The molecule has 2 N–H and O–H groups in total. The number of rotatable bonds is 14. The van der Waals surface area contributed by atoms with Gasteiger partial charge in [0.1, 0.15) is 6.61 Å². The second-order valence-electron chi connectivity index (χ2n) is 9.26. The molecule has 4 rings (SSSR count). The summed E-state index contributed by atoms with van der Waals surface area (Å²) in [5, 5.41) is 0.209. The molecular formula is C28H32F2N2O7S.